The molecule has 1 aliphatic carbocycles. The molecule has 2 unspecified atom stereocenters. The van der Waals surface area contributed by atoms with Crippen molar-refractivity contribution in [1.29, 1.82) is 0 Å². The van der Waals surface area contributed by atoms with Gasteiger partial charge in [-0.2, -0.15) is 28.4 Å². The van der Waals surface area contributed by atoms with Crippen molar-refractivity contribution in [1.82, 2.24) is 14.1 Å². The van der Waals surface area contributed by atoms with Crippen LogP contribution in [0.15, 0.2) is 57.7 Å². The van der Waals surface area contributed by atoms with Gasteiger partial charge in [0.1, 0.15) is 16.5 Å². The topological polar surface area (TPSA) is 79.9 Å². The largest absolute Gasteiger partial charge is 0.333 e. The first kappa shape index (κ1) is 30.7. The Labute approximate surface area is 227 Å². The molecule has 12 heteroatoms. The van der Waals surface area contributed by atoms with E-state index in [0.29, 0.717) is 23.1 Å². The summed E-state index contributed by atoms with van der Waals surface area (Å²) in [5, 5.41) is 11.3. The van der Waals surface area contributed by atoms with E-state index in [1.54, 1.807) is 6.92 Å². The van der Waals surface area contributed by atoms with E-state index in [-0.39, 0.29) is 40.9 Å². The highest BCUT2D eigenvalue weighted by Crippen LogP contribution is 2.58. The Morgan fingerprint density at radius 3 is 2.41 bits per heavy atom. The monoisotopic (exact) mass is 569 g/mol. The second-order valence-electron chi connectivity index (χ2n) is 10.6. The maximum Gasteiger partial charge on any atom is 0.333 e. The highest BCUT2D eigenvalue weighted by molar-refractivity contribution is 7.89. The van der Waals surface area contributed by atoms with Gasteiger partial charge in [0, 0.05) is 20.1 Å². The minimum absolute atomic E-state index is 0.000953. The van der Waals surface area contributed by atoms with Crippen molar-refractivity contribution in [3.63, 3.8) is 0 Å². The molecule has 0 N–H and O–H groups in total. The molecule has 1 aromatic carbocycles. The Morgan fingerprint density at radius 2 is 1.90 bits per heavy atom. The van der Waals surface area contributed by atoms with Gasteiger partial charge in [0.2, 0.25) is 10.0 Å². The third-order valence-corrected chi connectivity index (χ3v) is 10.2. The average molecular weight is 570 g/mol. The van der Waals surface area contributed by atoms with Crippen LogP contribution in [0, 0.1) is 35.3 Å². The molecule has 0 spiro atoms. The van der Waals surface area contributed by atoms with Crippen molar-refractivity contribution in [2.24, 2.45) is 27.0 Å². The lowest BCUT2D eigenvalue weighted by Crippen LogP contribution is -2.46. The number of sulfonamides is 1. The zero-order valence-electron chi connectivity index (χ0n) is 23.0. The molecule has 0 amide bonds. The van der Waals surface area contributed by atoms with Crippen molar-refractivity contribution in [3.8, 4) is 0 Å². The second-order valence-corrected chi connectivity index (χ2v) is 12.5. The molecule has 0 aliphatic heterocycles. The molecule has 0 saturated heterocycles. The van der Waals surface area contributed by atoms with Gasteiger partial charge >= 0.3 is 6.55 Å². The van der Waals surface area contributed by atoms with Crippen LogP contribution < -0.4 is 0 Å². The lowest BCUT2D eigenvalue weighted by Gasteiger charge is -2.44. The first-order chi connectivity index (χ1) is 18.1. The van der Waals surface area contributed by atoms with Gasteiger partial charge in [0.05, 0.1) is 23.2 Å². The third-order valence-electron chi connectivity index (χ3n) is 8.18. The first-order valence-corrected chi connectivity index (χ1v) is 14.0. The van der Waals surface area contributed by atoms with Gasteiger partial charge in [-0.3, -0.25) is 0 Å². The molecule has 214 valence electrons. The standard InChI is InChI=1S/C27H35F4N5O2S/c1-8-35(39(37,38)23-15-36(25(30)31)34-18(23)3)16-27(6)13-12-19(26(27,4)5)17(2)14-22(33-32-7)24-20(28)10-9-11-21(24)29/h9-11,14-15,19,25H,2,8,12-13,16H2,1,3-7H3/b22-14-,33-32-. The van der Waals surface area contributed by atoms with E-state index in [2.05, 4.69) is 21.9 Å². The minimum atomic E-state index is -4.11. The summed E-state index contributed by atoms with van der Waals surface area (Å²) in [6.45, 7) is 10.6. The smallest absolute Gasteiger partial charge is 0.210 e. The zero-order chi connectivity index (χ0) is 29.3. The molecule has 1 aromatic heterocycles. The van der Waals surface area contributed by atoms with Gasteiger partial charge in [-0.25, -0.2) is 21.9 Å². The molecule has 3 rings (SSSR count). The maximum atomic E-state index is 14.5. The van der Waals surface area contributed by atoms with Crippen LogP contribution in [-0.4, -0.2) is 42.6 Å². The average Bonchev–Trinajstić information content (AvgIpc) is 3.35. The van der Waals surface area contributed by atoms with Gasteiger partial charge in [-0.15, -0.1) is 0 Å². The van der Waals surface area contributed by atoms with E-state index in [1.807, 2.05) is 20.8 Å². The van der Waals surface area contributed by atoms with Crippen LogP contribution in [0.3, 0.4) is 0 Å². The summed E-state index contributed by atoms with van der Waals surface area (Å²) in [6, 6.07) is 3.55. The number of benzene rings is 1. The van der Waals surface area contributed by atoms with Crippen LogP contribution in [0.2, 0.25) is 0 Å². The van der Waals surface area contributed by atoms with E-state index in [0.717, 1.165) is 18.3 Å². The number of rotatable bonds is 10. The number of alkyl halides is 2. The number of nitrogens with zero attached hydrogens (tertiary/aromatic N) is 5. The molecule has 0 bridgehead atoms. The van der Waals surface area contributed by atoms with Crippen molar-refractivity contribution in [2.45, 2.75) is 58.9 Å². The Morgan fingerprint density at radius 1 is 1.28 bits per heavy atom. The van der Waals surface area contributed by atoms with E-state index >= 15 is 0 Å². The van der Waals surface area contributed by atoms with E-state index in [9.17, 15) is 26.0 Å². The van der Waals surface area contributed by atoms with Crippen LogP contribution in [0.25, 0.3) is 5.70 Å². The fourth-order valence-corrected chi connectivity index (χ4v) is 7.22. The van der Waals surface area contributed by atoms with Gasteiger partial charge < -0.3 is 0 Å². The molecule has 39 heavy (non-hydrogen) atoms. The van der Waals surface area contributed by atoms with Gasteiger partial charge in [0.25, 0.3) is 0 Å². The molecular weight excluding hydrogens is 534 g/mol. The van der Waals surface area contributed by atoms with Crippen LogP contribution >= 0.6 is 0 Å². The van der Waals surface area contributed by atoms with Crippen LogP contribution in [-0.2, 0) is 10.0 Å². The molecule has 1 heterocycles. The fourth-order valence-electron chi connectivity index (χ4n) is 5.49. The summed E-state index contributed by atoms with van der Waals surface area (Å²) in [6.07, 6.45) is 3.68. The van der Waals surface area contributed by atoms with Gasteiger partial charge in [0.15, 0.2) is 0 Å². The molecule has 2 aromatic rings. The second kappa shape index (κ2) is 11.3. The lowest BCUT2D eigenvalue weighted by molar-refractivity contribution is 0.0560. The maximum absolute atomic E-state index is 14.5. The Kier molecular flexibility index (Phi) is 8.91. The number of hydrogen-bond acceptors (Lipinski definition) is 5. The van der Waals surface area contributed by atoms with Crippen LogP contribution in [0.1, 0.15) is 58.3 Å². The van der Waals surface area contributed by atoms with Crippen molar-refractivity contribution >= 4 is 15.7 Å². The molecular formula is C27H35F4N5O2S. The number of halogens is 4. The summed E-state index contributed by atoms with van der Waals surface area (Å²) in [7, 11) is -2.71. The predicted octanol–water partition coefficient (Wildman–Crippen LogP) is 7.00. The molecule has 7 nitrogen and oxygen atoms in total. The summed E-state index contributed by atoms with van der Waals surface area (Å²) in [5.41, 5.74) is -0.751. The molecule has 2 atom stereocenters. The Hall–Kier alpha value is -2.86. The number of allylic oxidation sites excluding steroid dienone is 2. The number of aryl methyl sites for hydroxylation is 1. The summed E-state index contributed by atoms with van der Waals surface area (Å²) < 4.78 is 84.0. The lowest BCUT2D eigenvalue weighted by atomic mass is 9.64. The number of azo groups is 1. The Bertz CT molecular complexity index is 1380. The van der Waals surface area contributed by atoms with Gasteiger partial charge in [-0.05, 0) is 60.3 Å². The highest BCUT2D eigenvalue weighted by atomic mass is 32.2. The van der Waals surface area contributed by atoms with Crippen LogP contribution in [0.4, 0.5) is 17.6 Å². The van der Waals surface area contributed by atoms with Crippen molar-refractivity contribution < 1.29 is 26.0 Å². The van der Waals surface area contributed by atoms with E-state index < -0.39 is 39.0 Å². The van der Waals surface area contributed by atoms with E-state index in [1.165, 1.54) is 30.4 Å². The molecule has 0 radical (unpaired) electrons. The summed E-state index contributed by atoms with van der Waals surface area (Å²) in [5.74, 6) is -1.71. The third kappa shape index (κ3) is 5.72. The number of aromatic nitrogens is 2. The SMILES string of the molecule is C=C(/C=C(\N=N/C)c1c(F)cccc1F)C1CCC(C)(CN(CC)S(=O)(=O)c2cn(C(F)F)nc2C)C1(C)C. The predicted molar refractivity (Wildman–Crippen MR) is 142 cm³/mol. The number of hydrogen-bond donors (Lipinski definition) is 0. The zero-order valence-corrected chi connectivity index (χ0v) is 23.9. The summed E-state index contributed by atoms with van der Waals surface area (Å²) in [4.78, 5) is -0.255. The minimum Gasteiger partial charge on any atom is -0.210 e. The molecule has 1 aliphatic rings. The fraction of sp³-hybridized carbons (Fsp3) is 0.519. The molecule has 1 fully saturated rings. The molecule has 1 saturated carbocycles. The normalized spacial score (nSPS) is 21.9. The van der Waals surface area contributed by atoms with E-state index in [4.69, 9.17) is 0 Å². The van der Waals surface area contributed by atoms with Crippen molar-refractivity contribution in [2.75, 3.05) is 20.1 Å². The van der Waals surface area contributed by atoms with Crippen molar-refractivity contribution in [3.05, 3.63) is 65.5 Å². The highest BCUT2D eigenvalue weighted by Gasteiger charge is 2.53. The quantitative estimate of drug-likeness (QED) is 0.176. The summed E-state index contributed by atoms with van der Waals surface area (Å²) >= 11 is 0. The first-order valence-electron chi connectivity index (χ1n) is 12.6. The van der Waals surface area contributed by atoms with Gasteiger partial charge in [-0.1, -0.05) is 40.3 Å². The van der Waals surface area contributed by atoms with Crippen LogP contribution in [0.5, 0.6) is 0 Å². The Balaban J connectivity index is 1.93.